The Balaban J connectivity index is 2.64. The number of rotatable bonds is 3. The van der Waals surface area contributed by atoms with E-state index in [2.05, 4.69) is 0 Å². The molecular weight excluding hydrogens is 204 g/mol. The molecule has 0 aliphatic rings. The normalized spacial score (nSPS) is 10.3. The van der Waals surface area contributed by atoms with Crippen molar-refractivity contribution in [2.75, 3.05) is 7.11 Å². The van der Waals surface area contributed by atoms with Gasteiger partial charge in [-0.1, -0.05) is 30.3 Å². The molecule has 0 saturated heterocycles. The van der Waals surface area contributed by atoms with Crippen LogP contribution in [0.2, 0.25) is 0 Å². The van der Waals surface area contributed by atoms with Crippen molar-refractivity contribution in [1.29, 1.82) is 0 Å². The summed E-state index contributed by atoms with van der Waals surface area (Å²) in [5.41, 5.74) is 0.747. The molecule has 0 heterocycles. The Bertz CT molecular complexity index is 532. The third kappa shape index (κ3) is 1.84. The number of benzene rings is 2. The number of fused-ring (bicyclic) bond motifs is 1. The fraction of sp³-hybridized carbons (Fsp3) is 0.154. The van der Waals surface area contributed by atoms with E-state index < -0.39 is 5.97 Å². The summed E-state index contributed by atoms with van der Waals surface area (Å²) in [5, 5.41) is 12.4. The molecule has 0 aliphatic carbocycles. The number of hydrogen-bond acceptors (Lipinski definition) is 3. The van der Waals surface area contributed by atoms with Crippen LogP contribution in [0.5, 0.6) is 5.75 Å². The fourth-order valence-electron chi connectivity index (χ4n) is 1.82. The highest BCUT2D eigenvalue weighted by Crippen LogP contribution is 2.28. The molecule has 0 radical (unpaired) electrons. The molecule has 0 aromatic heterocycles. The van der Waals surface area contributed by atoms with Crippen LogP contribution in [0.3, 0.4) is 0 Å². The van der Waals surface area contributed by atoms with Gasteiger partial charge in [-0.2, -0.15) is 0 Å². The van der Waals surface area contributed by atoms with Crippen molar-refractivity contribution in [3.8, 4) is 5.75 Å². The van der Waals surface area contributed by atoms with Gasteiger partial charge in [-0.05, 0) is 17.0 Å². The van der Waals surface area contributed by atoms with E-state index in [1.54, 1.807) is 19.2 Å². The Morgan fingerprint density at radius 1 is 1.19 bits per heavy atom. The van der Waals surface area contributed by atoms with Gasteiger partial charge in [0.05, 0.1) is 7.11 Å². The second-order valence-corrected chi connectivity index (χ2v) is 3.52. The molecule has 3 nitrogen and oxygen atoms in total. The van der Waals surface area contributed by atoms with Crippen LogP contribution in [0.1, 0.15) is 5.56 Å². The molecule has 0 fully saturated rings. The quantitative estimate of drug-likeness (QED) is 0.771. The Morgan fingerprint density at radius 3 is 2.50 bits per heavy atom. The minimum absolute atomic E-state index is 0.0789. The summed E-state index contributed by atoms with van der Waals surface area (Å²) in [6, 6.07) is 11.1. The molecule has 2 aromatic carbocycles. The van der Waals surface area contributed by atoms with Crippen molar-refractivity contribution in [3.05, 3.63) is 42.0 Å². The zero-order valence-corrected chi connectivity index (χ0v) is 8.90. The van der Waals surface area contributed by atoms with E-state index >= 15 is 0 Å². The molecule has 82 valence electrons. The first-order valence-electron chi connectivity index (χ1n) is 4.97. The van der Waals surface area contributed by atoms with E-state index in [4.69, 9.17) is 4.74 Å². The van der Waals surface area contributed by atoms with E-state index in [-0.39, 0.29) is 6.42 Å². The number of ether oxygens (including phenoxy) is 1. The van der Waals surface area contributed by atoms with Gasteiger partial charge in [-0.3, -0.25) is 0 Å². The predicted molar refractivity (Wildman–Crippen MR) is 59.2 cm³/mol. The highest BCUT2D eigenvalue weighted by atomic mass is 16.5. The van der Waals surface area contributed by atoms with Crippen molar-refractivity contribution in [1.82, 2.24) is 0 Å². The predicted octanol–water partition coefficient (Wildman–Crippen LogP) is 1.14. The summed E-state index contributed by atoms with van der Waals surface area (Å²) in [5.74, 6) is -0.326. The van der Waals surface area contributed by atoms with E-state index in [0.29, 0.717) is 0 Å². The highest BCUT2D eigenvalue weighted by molar-refractivity contribution is 5.92. The molecule has 0 aliphatic heterocycles. The maximum atomic E-state index is 10.6. The molecular formula is C13H11O3-. The molecule has 0 unspecified atom stereocenters. The number of carbonyl (C=O) groups is 1. The zero-order valence-electron chi connectivity index (χ0n) is 8.90. The molecule has 0 N–H and O–H groups in total. The van der Waals surface area contributed by atoms with Gasteiger partial charge in [0.25, 0.3) is 0 Å². The van der Waals surface area contributed by atoms with Crippen molar-refractivity contribution < 1.29 is 14.6 Å². The van der Waals surface area contributed by atoms with Gasteiger partial charge < -0.3 is 14.6 Å². The maximum Gasteiger partial charge on any atom is 0.126 e. The van der Waals surface area contributed by atoms with Crippen LogP contribution in [0.4, 0.5) is 0 Å². The Kier molecular flexibility index (Phi) is 2.77. The van der Waals surface area contributed by atoms with Crippen LogP contribution in [0.25, 0.3) is 10.8 Å². The topological polar surface area (TPSA) is 49.4 Å². The van der Waals surface area contributed by atoms with E-state index in [1.165, 1.54) is 0 Å². The lowest BCUT2D eigenvalue weighted by atomic mass is 10.0. The highest BCUT2D eigenvalue weighted by Gasteiger charge is 2.05. The third-order valence-corrected chi connectivity index (χ3v) is 2.53. The van der Waals surface area contributed by atoms with Crippen LogP contribution in [-0.4, -0.2) is 13.1 Å². The molecule has 0 atom stereocenters. The first-order valence-corrected chi connectivity index (χ1v) is 4.97. The van der Waals surface area contributed by atoms with Crippen LogP contribution in [0, 0.1) is 0 Å². The smallest absolute Gasteiger partial charge is 0.126 e. The maximum absolute atomic E-state index is 10.6. The summed E-state index contributed by atoms with van der Waals surface area (Å²) < 4.78 is 5.22. The summed E-state index contributed by atoms with van der Waals surface area (Å²) in [6.45, 7) is 0. The monoisotopic (exact) mass is 215 g/mol. The Morgan fingerprint density at radius 2 is 1.88 bits per heavy atom. The lowest BCUT2D eigenvalue weighted by Crippen LogP contribution is -2.24. The van der Waals surface area contributed by atoms with E-state index in [9.17, 15) is 9.90 Å². The molecule has 16 heavy (non-hydrogen) atoms. The molecule has 0 spiro atoms. The number of hydrogen-bond donors (Lipinski definition) is 0. The lowest BCUT2D eigenvalue weighted by Gasteiger charge is -2.10. The molecule has 2 aromatic rings. The second kappa shape index (κ2) is 4.23. The van der Waals surface area contributed by atoms with Crippen molar-refractivity contribution in [2.45, 2.75) is 6.42 Å². The molecule has 2 rings (SSSR count). The number of carboxylic acid groups (broad SMARTS) is 1. The van der Waals surface area contributed by atoms with Gasteiger partial charge in [0.2, 0.25) is 0 Å². The minimum atomic E-state index is -1.07. The van der Waals surface area contributed by atoms with Gasteiger partial charge >= 0.3 is 0 Å². The largest absolute Gasteiger partial charge is 0.550 e. The van der Waals surface area contributed by atoms with Gasteiger partial charge in [0, 0.05) is 17.8 Å². The van der Waals surface area contributed by atoms with Crippen LogP contribution in [-0.2, 0) is 11.2 Å². The van der Waals surface area contributed by atoms with Crippen molar-refractivity contribution in [3.63, 3.8) is 0 Å². The minimum Gasteiger partial charge on any atom is -0.550 e. The van der Waals surface area contributed by atoms with Crippen molar-refractivity contribution in [2.24, 2.45) is 0 Å². The van der Waals surface area contributed by atoms with E-state index in [0.717, 1.165) is 22.1 Å². The number of carbonyl (C=O) groups excluding carboxylic acids is 1. The van der Waals surface area contributed by atoms with Crippen molar-refractivity contribution >= 4 is 16.7 Å². The van der Waals surface area contributed by atoms with Gasteiger partial charge in [0.15, 0.2) is 0 Å². The Labute approximate surface area is 93.3 Å². The lowest BCUT2D eigenvalue weighted by molar-refractivity contribution is -0.304. The van der Waals surface area contributed by atoms with Gasteiger partial charge in [-0.25, -0.2) is 0 Å². The number of methoxy groups -OCH3 is 1. The summed E-state index contributed by atoms with van der Waals surface area (Å²) >= 11 is 0. The first kappa shape index (κ1) is 10.5. The van der Waals surface area contributed by atoms with Crippen LogP contribution in [0.15, 0.2) is 36.4 Å². The SMILES string of the molecule is COc1ccc(CC(=O)[O-])c2ccccc12. The third-order valence-electron chi connectivity index (χ3n) is 2.53. The summed E-state index contributed by atoms with van der Waals surface area (Å²) in [4.78, 5) is 10.6. The summed E-state index contributed by atoms with van der Waals surface area (Å²) in [7, 11) is 1.60. The average molecular weight is 215 g/mol. The van der Waals surface area contributed by atoms with Crippen LogP contribution < -0.4 is 9.84 Å². The molecule has 0 amide bonds. The molecule has 0 saturated carbocycles. The Hall–Kier alpha value is -2.03. The fourth-order valence-corrected chi connectivity index (χ4v) is 1.82. The molecule has 3 heteroatoms. The van der Waals surface area contributed by atoms with Crippen LogP contribution >= 0.6 is 0 Å². The summed E-state index contributed by atoms with van der Waals surface area (Å²) in [6.07, 6.45) is -0.0789. The second-order valence-electron chi connectivity index (χ2n) is 3.52. The number of aliphatic carboxylic acids is 1. The van der Waals surface area contributed by atoms with Gasteiger partial charge in [0.1, 0.15) is 5.75 Å². The standard InChI is InChI=1S/C13H12O3/c1-16-12-7-6-9(8-13(14)15)10-4-2-3-5-11(10)12/h2-7H,8H2,1H3,(H,14,15)/p-1. The first-order chi connectivity index (χ1) is 7.72. The zero-order chi connectivity index (χ0) is 11.5. The number of carboxylic acids is 1. The molecule has 0 bridgehead atoms. The van der Waals surface area contributed by atoms with E-state index in [1.807, 2.05) is 24.3 Å². The average Bonchev–Trinajstić information content (AvgIpc) is 2.29. The van der Waals surface area contributed by atoms with Gasteiger partial charge in [-0.15, -0.1) is 0 Å².